The molecular formula is C11H10ClN3O. The maximum absolute atomic E-state index is 5.55. The van der Waals surface area contributed by atoms with Crippen LogP contribution in [-0.2, 0) is 6.54 Å². The Bertz CT molecular complexity index is 635. The largest absolute Gasteiger partial charge is 0.439 e. The zero-order chi connectivity index (χ0) is 10.3. The van der Waals surface area contributed by atoms with E-state index in [0.717, 1.165) is 22.0 Å². The highest BCUT2D eigenvalue weighted by molar-refractivity contribution is 6.00. The van der Waals surface area contributed by atoms with Crippen LogP contribution in [0.5, 0.6) is 0 Å². The summed E-state index contributed by atoms with van der Waals surface area (Å²) >= 11 is 0. The number of para-hydroxylation sites is 1. The van der Waals surface area contributed by atoms with Gasteiger partial charge in [0, 0.05) is 5.39 Å². The van der Waals surface area contributed by atoms with Gasteiger partial charge in [0.25, 0.3) is 0 Å². The predicted molar refractivity (Wildman–Crippen MR) is 64.4 cm³/mol. The first-order valence-corrected chi connectivity index (χ1v) is 4.72. The number of aromatic nitrogens is 2. The van der Waals surface area contributed by atoms with Gasteiger partial charge in [-0.05, 0) is 12.1 Å². The quantitative estimate of drug-likeness (QED) is 0.703. The lowest BCUT2D eigenvalue weighted by molar-refractivity contribution is 0.535. The van der Waals surface area contributed by atoms with E-state index in [9.17, 15) is 0 Å². The molecule has 0 atom stereocenters. The van der Waals surface area contributed by atoms with E-state index in [4.69, 9.17) is 10.2 Å². The molecule has 16 heavy (non-hydrogen) atoms. The number of hydrogen-bond acceptors (Lipinski definition) is 4. The highest BCUT2D eigenvalue weighted by atomic mass is 35.5. The summed E-state index contributed by atoms with van der Waals surface area (Å²) in [7, 11) is 0. The van der Waals surface area contributed by atoms with Crippen molar-refractivity contribution in [3.05, 3.63) is 36.4 Å². The van der Waals surface area contributed by atoms with Gasteiger partial charge in [0.1, 0.15) is 5.52 Å². The molecule has 3 rings (SSSR count). The average molecular weight is 236 g/mol. The minimum Gasteiger partial charge on any atom is -0.439 e. The number of oxazole rings is 1. The van der Waals surface area contributed by atoms with Crippen molar-refractivity contribution >= 4 is 34.4 Å². The number of pyridine rings is 1. The lowest BCUT2D eigenvalue weighted by Crippen LogP contribution is -1.94. The van der Waals surface area contributed by atoms with Crippen molar-refractivity contribution in [1.29, 1.82) is 0 Å². The molecule has 0 radical (unpaired) electrons. The van der Waals surface area contributed by atoms with Gasteiger partial charge in [-0.15, -0.1) is 12.4 Å². The van der Waals surface area contributed by atoms with Crippen LogP contribution in [0, 0.1) is 0 Å². The molecule has 2 heterocycles. The lowest BCUT2D eigenvalue weighted by atomic mass is 10.2. The van der Waals surface area contributed by atoms with Crippen LogP contribution >= 0.6 is 12.4 Å². The second-order valence-corrected chi connectivity index (χ2v) is 3.30. The molecule has 5 heteroatoms. The van der Waals surface area contributed by atoms with Gasteiger partial charge in [-0.3, -0.25) is 4.98 Å². The number of nitrogens with two attached hydrogens (primary N) is 1. The molecule has 3 aromatic rings. The third-order valence-electron chi connectivity index (χ3n) is 2.35. The molecule has 0 unspecified atom stereocenters. The highest BCUT2D eigenvalue weighted by Crippen LogP contribution is 2.23. The topological polar surface area (TPSA) is 64.9 Å². The number of hydrogen-bond donors (Lipinski definition) is 1. The second kappa shape index (κ2) is 4.08. The molecule has 0 saturated carbocycles. The van der Waals surface area contributed by atoms with E-state index in [1.54, 1.807) is 6.20 Å². The van der Waals surface area contributed by atoms with Crippen LogP contribution in [-0.4, -0.2) is 9.97 Å². The van der Waals surface area contributed by atoms with Gasteiger partial charge in [0.2, 0.25) is 5.89 Å². The minimum absolute atomic E-state index is 0. The van der Waals surface area contributed by atoms with Crippen LogP contribution in [0.2, 0.25) is 0 Å². The fourth-order valence-corrected chi connectivity index (χ4v) is 1.65. The Morgan fingerprint density at radius 3 is 2.81 bits per heavy atom. The molecule has 4 nitrogen and oxygen atoms in total. The van der Waals surface area contributed by atoms with E-state index in [0.29, 0.717) is 12.4 Å². The third-order valence-corrected chi connectivity index (χ3v) is 2.35. The highest BCUT2D eigenvalue weighted by Gasteiger charge is 2.08. The molecule has 0 aliphatic rings. The van der Waals surface area contributed by atoms with Crippen molar-refractivity contribution in [3.8, 4) is 0 Å². The second-order valence-electron chi connectivity index (χ2n) is 3.30. The van der Waals surface area contributed by atoms with E-state index >= 15 is 0 Å². The summed E-state index contributed by atoms with van der Waals surface area (Å²) in [6, 6.07) is 7.81. The fourth-order valence-electron chi connectivity index (χ4n) is 1.65. The summed E-state index contributed by atoms with van der Waals surface area (Å²) in [4.78, 5) is 8.52. The first-order chi connectivity index (χ1) is 7.38. The van der Waals surface area contributed by atoms with E-state index in [1.165, 1.54) is 0 Å². The summed E-state index contributed by atoms with van der Waals surface area (Å²) in [6.45, 7) is 0.309. The van der Waals surface area contributed by atoms with E-state index in [2.05, 4.69) is 9.97 Å². The lowest BCUT2D eigenvalue weighted by Gasteiger charge is -1.94. The maximum Gasteiger partial charge on any atom is 0.209 e. The standard InChI is InChI=1S/C11H9N3O.ClH/c12-5-10-14-9-6-13-8-4-2-1-3-7(8)11(9)15-10;/h1-4,6H,5,12H2;1H. The Morgan fingerprint density at radius 2 is 2.00 bits per heavy atom. The summed E-state index contributed by atoms with van der Waals surface area (Å²) in [6.07, 6.45) is 1.71. The molecule has 82 valence electrons. The number of nitrogens with zero attached hydrogens (tertiary/aromatic N) is 2. The van der Waals surface area contributed by atoms with Crippen LogP contribution in [0.1, 0.15) is 5.89 Å². The van der Waals surface area contributed by atoms with Gasteiger partial charge in [-0.2, -0.15) is 0 Å². The van der Waals surface area contributed by atoms with Crippen LogP contribution < -0.4 is 5.73 Å². The number of fused-ring (bicyclic) bond motifs is 3. The smallest absolute Gasteiger partial charge is 0.209 e. The molecule has 0 spiro atoms. The SMILES string of the molecule is Cl.NCc1nc2cnc3ccccc3c2o1. The first-order valence-electron chi connectivity index (χ1n) is 4.72. The molecule has 0 bridgehead atoms. The molecule has 1 aromatic carbocycles. The zero-order valence-corrected chi connectivity index (χ0v) is 9.20. The molecule has 0 aliphatic carbocycles. The molecule has 0 saturated heterocycles. The third kappa shape index (κ3) is 1.52. The average Bonchev–Trinajstić information content (AvgIpc) is 2.72. The monoisotopic (exact) mass is 235 g/mol. The van der Waals surface area contributed by atoms with E-state index in [1.807, 2.05) is 24.3 Å². The van der Waals surface area contributed by atoms with Crippen molar-refractivity contribution in [2.24, 2.45) is 5.73 Å². The van der Waals surface area contributed by atoms with Gasteiger partial charge in [-0.1, -0.05) is 12.1 Å². The molecule has 2 aromatic heterocycles. The van der Waals surface area contributed by atoms with E-state index in [-0.39, 0.29) is 12.4 Å². The van der Waals surface area contributed by atoms with Crippen molar-refractivity contribution < 1.29 is 4.42 Å². The Hall–Kier alpha value is -1.65. The first kappa shape index (κ1) is 10.9. The van der Waals surface area contributed by atoms with Crippen LogP contribution in [0.4, 0.5) is 0 Å². The van der Waals surface area contributed by atoms with Gasteiger partial charge in [-0.25, -0.2) is 4.98 Å². The van der Waals surface area contributed by atoms with Crippen molar-refractivity contribution in [1.82, 2.24) is 9.97 Å². The van der Waals surface area contributed by atoms with Crippen LogP contribution in [0.3, 0.4) is 0 Å². The Labute approximate surface area is 97.9 Å². The molecule has 0 fully saturated rings. The van der Waals surface area contributed by atoms with Crippen molar-refractivity contribution in [3.63, 3.8) is 0 Å². The van der Waals surface area contributed by atoms with Crippen LogP contribution in [0.25, 0.3) is 22.0 Å². The summed E-state index contributed by atoms with van der Waals surface area (Å²) < 4.78 is 5.55. The summed E-state index contributed by atoms with van der Waals surface area (Å²) in [5, 5.41) is 0.974. The van der Waals surface area contributed by atoms with Gasteiger partial charge >= 0.3 is 0 Å². The fraction of sp³-hybridized carbons (Fsp3) is 0.0909. The number of halogens is 1. The van der Waals surface area contributed by atoms with E-state index < -0.39 is 0 Å². The minimum atomic E-state index is 0. The Balaban J connectivity index is 0.000000963. The molecular weight excluding hydrogens is 226 g/mol. The maximum atomic E-state index is 5.55. The van der Waals surface area contributed by atoms with Crippen molar-refractivity contribution in [2.75, 3.05) is 0 Å². The Kier molecular flexibility index (Phi) is 2.77. The van der Waals surface area contributed by atoms with Gasteiger partial charge in [0.05, 0.1) is 18.3 Å². The van der Waals surface area contributed by atoms with Crippen LogP contribution in [0.15, 0.2) is 34.9 Å². The molecule has 2 N–H and O–H groups in total. The summed E-state index contributed by atoms with van der Waals surface area (Å²) in [5.74, 6) is 0.545. The Morgan fingerprint density at radius 1 is 1.19 bits per heavy atom. The predicted octanol–water partition coefficient (Wildman–Crippen LogP) is 2.26. The number of rotatable bonds is 1. The molecule has 0 aliphatic heterocycles. The normalized spacial score (nSPS) is 10.6. The van der Waals surface area contributed by atoms with Gasteiger partial charge in [0.15, 0.2) is 5.58 Å². The number of benzene rings is 1. The zero-order valence-electron chi connectivity index (χ0n) is 8.38. The van der Waals surface area contributed by atoms with Gasteiger partial charge < -0.3 is 10.2 Å². The summed E-state index contributed by atoms with van der Waals surface area (Å²) in [5.41, 5.74) is 7.91. The van der Waals surface area contributed by atoms with Crippen molar-refractivity contribution in [2.45, 2.75) is 6.54 Å². The molecule has 0 amide bonds.